The highest BCUT2D eigenvalue weighted by molar-refractivity contribution is 5.49. The van der Waals surface area contributed by atoms with Crippen LogP contribution >= 0.6 is 0 Å². The first-order chi connectivity index (χ1) is 9.12. The van der Waals surface area contributed by atoms with Crippen molar-refractivity contribution in [2.45, 2.75) is 46.8 Å². The zero-order valence-corrected chi connectivity index (χ0v) is 12.3. The number of aromatic nitrogens is 2. The molecular formula is C13H25N5O. The maximum Gasteiger partial charge on any atom is 0.158 e. The van der Waals surface area contributed by atoms with Gasteiger partial charge in [-0.05, 0) is 27.2 Å². The zero-order valence-electron chi connectivity index (χ0n) is 12.3. The Hall–Kier alpha value is -1.40. The first-order valence-electron chi connectivity index (χ1n) is 6.81. The molecule has 6 nitrogen and oxygen atoms in total. The molecule has 1 aromatic rings. The number of ether oxygens (including phenoxy) is 1. The number of nitrogens with zero attached hydrogens (tertiary/aromatic N) is 3. The Bertz CT molecular complexity index is 383. The maximum atomic E-state index is 5.47. The summed E-state index contributed by atoms with van der Waals surface area (Å²) in [6.07, 6.45) is 1.06. The molecule has 0 fully saturated rings. The van der Waals surface area contributed by atoms with Crippen LogP contribution in [0.2, 0.25) is 0 Å². The second-order valence-corrected chi connectivity index (χ2v) is 4.60. The van der Waals surface area contributed by atoms with Gasteiger partial charge >= 0.3 is 0 Å². The SMILES string of the molecule is CCCN(c1cc(NN)nc(COCC)n1)C(C)C. The normalized spacial score (nSPS) is 10.8. The van der Waals surface area contributed by atoms with E-state index in [4.69, 9.17) is 10.6 Å². The van der Waals surface area contributed by atoms with Crippen LogP contribution in [-0.4, -0.2) is 29.2 Å². The van der Waals surface area contributed by atoms with Gasteiger partial charge in [0.2, 0.25) is 0 Å². The summed E-state index contributed by atoms with van der Waals surface area (Å²) < 4.78 is 5.36. The highest BCUT2D eigenvalue weighted by Gasteiger charge is 2.13. The predicted octanol–water partition coefficient (Wildman–Crippen LogP) is 1.92. The van der Waals surface area contributed by atoms with Crippen LogP contribution in [0.25, 0.3) is 0 Å². The van der Waals surface area contributed by atoms with Gasteiger partial charge in [-0.1, -0.05) is 6.92 Å². The number of hydrogen-bond donors (Lipinski definition) is 2. The third-order valence-corrected chi connectivity index (χ3v) is 2.72. The summed E-state index contributed by atoms with van der Waals surface area (Å²) in [7, 11) is 0. The van der Waals surface area contributed by atoms with E-state index in [-0.39, 0.29) is 0 Å². The molecule has 0 unspecified atom stereocenters. The molecule has 0 amide bonds. The first kappa shape index (κ1) is 15.7. The van der Waals surface area contributed by atoms with Crippen LogP contribution < -0.4 is 16.2 Å². The van der Waals surface area contributed by atoms with Gasteiger partial charge in [0.15, 0.2) is 5.82 Å². The molecule has 6 heteroatoms. The molecule has 0 bridgehead atoms. The summed E-state index contributed by atoms with van der Waals surface area (Å²) in [4.78, 5) is 11.1. The van der Waals surface area contributed by atoms with Gasteiger partial charge in [-0.2, -0.15) is 0 Å². The van der Waals surface area contributed by atoms with E-state index >= 15 is 0 Å². The monoisotopic (exact) mass is 267 g/mol. The lowest BCUT2D eigenvalue weighted by Gasteiger charge is -2.28. The average Bonchev–Trinajstić information content (AvgIpc) is 2.41. The van der Waals surface area contributed by atoms with Crippen molar-refractivity contribution in [1.82, 2.24) is 9.97 Å². The molecule has 0 aromatic carbocycles. The molecule has 3 N–H and O–H groups in total. The van der Waals surface area contributed by atoms with Crippen LogP contribution in [0.3, 0.4) is 0 Å². The molecule has 0 saturated carbocycles. The maximum absolute atomic E-state index is 5.47. The summed E-state index contributed by atoms with van der Waals surface area (Å²) in [5.74, 6) is 7.61. The molecule has 0 aliphatic carbocycles. The fourth-order valence-corrected chi connectivity index (χ4v) is 1.84. The van der Waals surface area contributed by atoms with E-state index in [2.05, 4.69) is 41.1 Å². The number of nitrogen functional groups attached to an aromatic ring is 1. The second kappa shape index (κ2) is 7.91. The highest BCUT2D eigenvalue weighted by Crippen LogP contribution is 2.18. The number of nitrogens with one attached hydrogen (secondary N) is 1. The molecule has 108 valence electrons. The lowest BCUT2D eigenvalue weighted by atomic mass is 10.3. The Morgan fingerprint density at radius 3 is 2.63 bits per heavy atom. The Labute approximate surface area is 115 Å². The van der Waals surface area contributed by atoms with Gasteiger partial charge in [0.1, 0.15) is 18.2 Å². The Morgan fingerprint density at radius 2 is 2.11 bits per heavy atom. The van der Waals surface area contributed by atoms with E-state index in [1.807, 2.05) is 13.0 Å². The molecule has 0 radical (unpaired) electrons. The van der Waals surface area contributed by atoms with Gasteiger partial charge in [0.05, 0.1) is 0 Å². The van der Waals surface area contributed by atoms with Gasteiger partial charge in [0.25, 0.3) is 0 Å². The van der Waals surface area contributed by atoms with Crippen molar-refractivity contribution in [2.75, 3.05) is 23.5 Å². The van der Waals surface area contributed by atoms with Crippen molar-refractivity contribution < 1.29 is 4.74 Å². The van der Waals surface area contributed by atoms with Crippen molar-refractivity contribution in [2.24, 2.45) is 5.84 Å². The molecule has 1 aromatic heterocycles. The van der Waals surface area contributed by atoms with Crippen LogP contribution in [-0.2, 0) is 11.3 Å². The van der Waals surface area contributed by atoms with Crippen LogP contribution in [0.1, 0.15) is 39.9 Å². The van der Waals surface area contributed by atoms with E-state index in [1.165, 1.54) is 0 Å². The van der Waals surface area contributed by atoms with Crippen molar-refractivity contribution in [1.29, 1.82) is 0 Å². The van der Waals surface area contributed by atoms with Crippen molar-refractivity contribution in [3.05, 3.63) is 11.9 Å². The predicted molar refractivity (Wildman–Crippen MR) is 77.9 cm³/mol. The average molecular weight is 267 g/mol. The standard InChI is InChI=1S/C13H25N5O/c1-5-7-18(10(3)4)13-8-11(17-14)15-12(16-13)9-19-6-2/h8,10H,5-7,9,14H2,1-4H3,(H,15,16,17). The van der Waals surface area contributed by atoms with Gasteiger partial charge in [0, 0.05) is 25.3 Å². The minimum absolute atomic E-state index is 0.375. The molecule has 0 aliphatic rings. The molecule has 1 heterocycles. The highest BCUT2D eigenvalue weighted by atomic mass is 16.5. The van der Waals surface area contributed by atoms with Crippen molar-refractivity contribution in [3.8, 4) is 0 Å². The lowest BCUT2D eigenvalue weighted by Crippen LogP contribution is -2.32. The van der Waals surface area contributed by atoms with Crippen molar-refractivity contribution >= 4 is 11.6 Å². The van der Waals surface area contributed by atoms with E-state index in [0.717, 1.165) is 18.8 Å². The van der Waals surface area contributed by atoms with Crippen LogP contribution in [0.4, 0.5) is 11.6 Å². The Balaban J connectivity index is 3.02. The number of nitrogens with two attached hydrogens (primary N) is 1. The van der Waals surface area contributed by atoms with Crippen LogP contribution in [0, 0.1) is 0 Å². The quantitative estimate of drug-likeness (QED) is 0.553. The Morgan fingerprint density at radius 1 is 1.37 bits per heavy atom. The molecule has 0 saturated heterocycles. The van der Waals surface area contributed by atoms with Crippen LogP contribution in [0.5, 0.6) is 0 Å². The summed E-state index contributed by atoms with van der Waals surface area (Å²) in [5.41, 5.74) is 2.59. The molecule has 19 heavy (non-hydrogen) atoms. The summed E-state index contributed by atoms with van der Waals surface area (Å²) >= 11 is 0. The molecule has 1 rings (SSSR count). The Kier molecular flexibility index (Phi) is 6.52. The zero-order chi connectivity index (χ0) is 14.3. The van der Waals surface area contributed by atoms with E-state index in [1.54, 1.807) is 0 Å². The smallest absolute Gasteiger partial charge is 0.158 e. The fourth-order valence-electron chi connectivity index (χ4n) is 1.84. The molecular weight excluding hydrogens is 242 g/mol. The number of hydrogen-bond acceptors (Lipinski definition) is 6. The first-order valence-corrected chi connectivity index (χ1v) is 6.81. The van der Waals surface area contributed by atoms with Crippen molar-refractivity contribution in [3.63, 3.8) is 0 Å². The lowest BCUT2D eigenvalue weighted by molar-refractivity contribution is 0.128. The molecule has 0 atom stereocenters. The third kappa shape index (κ3) is 4.65. The van der Waals surface area contributed by atoms with Gasteiger partial charge in [-0.15, -0.1) is 0 Å². The summed E-state index contributed by atoms with van der Waals surface area (Å²) in [6.45, 7) is 10.4. The fraction of sp³-hybridized carbons (Fsp3) is 0.692. The summed E-state index contributed by atoms with van der Waals surface area (Å²) in [6, 6.07) is 2.24. The van der Waals surface area contributed by atoms with E-state index in [0.29, 0.717) is 30.9 Å². The third-order valence-electron chi connectivity index (χ3n) is 2.72. The number of hydrazine groups is 1. The molecule has 0 spiro atoms. The van der Waals surface area contributed by atoms with E-state index in [9.17, 15) is 0 Å². The van der Waals surface area contributed by atoms with Gasteiger partial charge in [-0.25, -0.2) is 15.8 Å². The topological polar surface area (TPSA) is 76.3 Å². The minimum atomic E-state index is 0.375. The van der Waals surface area contributed by atoms with Gasteiger partial charge < -0.3 is 15.1 Å². The molecule has 0 aliphatic heterocycles. The van der Waals surface area contributed by atoms with E-state index < -0.39 is 0 Å². The second-order valence-electron chi connectivity index (χ2n) is 4.60. The summed E-state index contributed by atoms with van der Waals surface area (Å²) in [5, 5.41) is 0. The van der Waals surface area contributed by atoms with Crippen LogP contribution in [0.15, 0.2) is 6.07 Å². The van der Waals surface area contributed by atoms with Gasteiger partial charge in [-0.3, -0.25) is 0 Å². The number of rotatable bonds is 8. The number of anilines is 2. The minimum Gasteiger partial charge on any atom is -0.374 e. The largest absolute Gasteiger partial charge is 0.374 e.